The van der Waals surface area contributed by atoms with Gasteiger partial charge in [-0.05, 0) is 25.5 Å². The molecule has 0 bridgehead atoms. The zero-order chi connectivity index (χ0) is 13.8. The average Bonchev–Trinajstić information content (AvgIpc) is 2.28. The van der Waals surface area contributed by atoms with Gasteiger partial charge < -0.3 is 5.73 Å². The van der Waals surface area contributed by atoms with E-state index in [0.29, 0.717) is 6.42 Å². The summed E-state index contributed by atoms with van der Waals surface area (Å²) in [7, 11) is -3.63. The summed E-state index contributed by atoms with van der Waals surface area (Å²) in [6, 6.07) is 4.61. The second kappa shape index (κ2) is 7.39. The van der Waals surface area contributed by atoms with Crippen LogP contribution in [0.4, 0.5) is 5.69 Å². The number of nitro benzene ring substituents is 1. The van der Waals surface area contributed by atoms with Gasteiger partial charge in [0.25, 0.3) is 5.69 Å². The van der Waals surface area contributed by atoms with Crippen LogP contribution in [0.25, 0.3) is 0 Å². The van der Waals surface area contributed by atoms with Gasteiger partial charge in [0, 0.05) is 24.7 Å². The fraction of sp³-hybridized carbons (Fsp3) is 0.400. The molecule has 108 valence electrons. The lowest BCUT2D eigenvalue weighted by Gasteiger charge is -2.08. The first-order valence-electron chi connectivity index (χ1n) is 5.32. The smallest absolute Gasteiger partial charge is 0.269 e. The van der Waals surface area contributed by atoms with Crippen LogP contribution in [-0.4, -0.2) is 25.9 Å². The Balaban J connectivity index is 0.00000324. The molecule has 1 rings (SSSR count). The summed E-state index contributed by atoms with van der Waals surface area (Å²) < 4.78 is 25.9. The summed E-state index contributed by atoms with van der Waals surface area (Å²) >= 11 is 0. The van der Waals surface area contributed by atoms with Crippen molar-refractivity contribution in [1.82, 2.24) is 4.72 Å². The van der Waals surface area contributed by atoms with Crippen LogP contribution >= 0.6 is 12.4 Å². The predicted octanol–water partition coefficient (Wildman–Crippen LogP) is 1.03. The molecule has 1 unspecified atom stereocenters. The van der Waals surface area contributed by atoms with E-state index < -0.39 is 14.9 Å². The third-order valence-electron chi connectivity index (χ3n) is 2.25. The van der Waals surface area contributed by atoms with Crippen molar-refractivity contribution in [3.8, 4) is 0 Å². The first kappa shape index (κ1) is 17.8. The third-order valence-corrected chi connectivity index (χ3v) is 3.73. The minimum absolute atomic E-state index is 0. The van der Waals surface area contributed by atoms with Gasteiger partial charge in [-0.15, -0.1) is 12.4 Å². The molecule has 0 fully saturated rings. The number of sulfonamides is 1. The van der Waals surface area contributed by atoms with Gasteiger partial charge in [0.15, 0.2) is 0 Å². The number of nitrogens with one attached hydrogen (secondary N) is 1. The molecule has 0 aliphatic carbocycles. The average molecular weight is 310 g/mol. The van der Waals surface area contributed by atoms with Crippen molar-refractivity contribution in [2.75, 3.05) is 6.54 Å². The summed E-state index contributed by atoms with van der Waals surface area (Å²) in [5.41, 5.74) is 5.36. The molecule has 9 heteroatoms. The molecule has 0 aliphatic rings. The molecule has 0 spiro atoms. The Labute approximate surface area is 117 Å². The number of hydrogen-bond acceptors (Lipinski definition) is 5. The van der Waals surface area contributed by atoms with Crippen LogP contribution in [0, 0.1) is 10.1 Å². The van der Waals surface area contributed by atoms with Gasteiger partial charge in [0.2, 0.25) is 10.0 Å². The van der Waals surface area contributed by atoms with Crippen LogP contribution in [0.1, 0.15) is 13.3 Å². The van der Waals surface area contributed by atoms with E-state index >= 15 is 0 Å². The summed E-state index contributed by atoms with van der Waals surface area (Å²) in [6.07, 6.45) is 0.520. The zero-order valence-corrected chi connectivity index (χ0v) is 11.9. The Morgan fingerprint density at radius 3 is 2.32 bits per heavy atom. The molecule has 1 aromatic carbocycles. The highest BCUT2D eigenvalue weighted by Gasteiger charge is 2.15. The van der Waals surface area contributed by atoms with Gasteiger partial charge in [0.1, 0.15) is 0 Å². The number of benzene rings is 1. The van der Waals surface area contributed by atoms with Crippen LogP contribution in [-0.2, 0) is 10.0 Å². The van der Waals surface area contributed by atoms with E-state index in [1.807, 2.05) is 0 Å². The molecule has 7 nitrogen and oxygen atoms in total. The second-order valence-corrected chi connectivity index (χ2v) is 5.68. The Hall–Kier alpha value is -1.22. The molecular weight excluding hydrogens is 294 g/mol. The summed E-state index contributed by atoms with van der Waals surface area (Å²) in [5, 5.41) is 10.4. The summed E-state index contributed by atoms with van der Waals surface area (Å²) in [5.74, 6) is 0. The van der Waals surface area contributed by atoms with Crippen molar-refractivity contribution in [3.63, 3.8) is 0 Å². The van der Waals surface area contributed by atoms with Crippen molar-refractivity contribution < 1.29 is 13.3 Å². The van der Waals surface area contributed by atoms with E-state index in [1.54, 1.807) is 6.92 Å². The number of non-ortho nitro benzene ring substituents is 1. The molecule has 19 heavy (non-hydrogen) atoms. The molecule has 3 N–H and O–H groups in total. The normalized spacial score (nSPS) is 12.5. The van der Waals surface area contributed by atoms with E-state index in [0.717, 1.165) is 12.1 Å². The van der Waals surface area contributed by atoms with Crippen LogP contribution in [0.2, 0.25) is 0 Å². The standard InChI is InChI=1S/C10H15N3O4S.ClH/c1-8(11)6-7-12-18(16,17)10-4-2-9(3-5-10)13(14)15;/h2-5,8,12H,6-7,11H2,1H3;1H. The molecular formula is C10H16ClN3O4S. The van der Waals surface area contributed by atoms with Gasteiger partial charge >= 0.3 is 0 Å². The Kier molecular flexibility index (Phi) is 6.91. The second-order valence-electron chi connectivity index (χ2n) is 3.91. The van der Waals surface area contributed by atoms with E-state index in [2.05, 4.69) is 4.72 Å². The number of nitro groups is 1. The molecule has 0 radical (unpaired) electrons. The minimum Gasteiger partial charge on any atom is -0.328 e. The third kappa shape index (κ3) is 5.52. The number of nitrogens with zero attached hydrogens (tertiary/aromatic N) is 1. The van der Waals surface area contributed by atoms with Crippen molar-refractivity contribution in [2.45, 2.75) is 24.3 Å². The SMILES string of the molecule is CC(N)CCNS(=O)(=O)c1ccc([N+](=O)[O-])cc1.Cl. The Bertz CT molecular complexity index is 516. The van der Waals surface area contributed by atoms with Gasteiger partial charge in [-0.1, -0.05) is 0 Å². The van der Waals surface area contributed by atoms with Crippen LogP contribution in [0.5, 0.6) is 0 Å². The molecule has 1 atom stereocenters. The quantitative estimate of drug-likeness (QED) is 0.601. The molecule has 1 aromatic rings. The number of rotatable bonds is 6. The Morgan fingerprint density at radius 1 is 1.37 bits per heavy atom. The highest BCUT2D eigenvalue weighted by atomic mass is 35.5. The molecule has 0 heterocycles. The van der Waals surface area contributed by atoms with Gasteiger partial charge in [-0.2, -0.15) is 0 Å². The molecule has 0 amide bonds. The van der Waals surface area contributed by atoms with Gasteiger partial charge in [-0.25, -0.2) is 13.1 Å². The number of nitrogens with two attached hydrogens (primary N) is 1. The topological polar surface area (TPSA) is 115 Å². The van der Waals surface area contributed by atoms with Crippen LogP contribution in [0.15, 0.2) is 29.2 Å². The fourth-order valence-corrected chi connectivity index (χ4v) is 2.30. The first-order chi connectivity index (χ1) is 8.33. The zero-order valence-electron chi connectivity index (χ0n) is 10.3. The van der Waals surface area contributed by atoms with E-state index in [4.69, 9.17) is 5.73 Å². The van der Waals surface area contributed by atoms with Gasteiger partial charge in [0.05, 0.1) is 9.82 Å². The lowest BCUT2D eigenvalue weighted by Crippen LogP contribution is -2.29. The van der Waals surface area contributed by atoms with Crippen LogP contribution < -0.4 is 10.5 Å². The van der Waals surface area contributed by atoms with Crippen molar-refractivity contribution in [3.05, 3.63) is 34.4 Å². The maximum Gasteiger partial charge on any atom is 0.269 e. The molecule has 0 saturated heterocycles. The maximum absolute atomic E-state index is 11.8. The largest absolute Gasteiger partial charge is 0.328 e. The highest BCUT2D eigenvalue weighted by molar-refractivity contribution is 7.89. The van der Waals surface area contributed by atoms with Gasteiger partial charge in [-0.3, -0.25) is 10.1 Å². The Morgan fingerprint density at radius 2 is 1.89 bits per heavy atom. The fourth-order valence-electron chi connectivity index (χ4n) is 1.25. The minimum atomic E-state index is -3.63. The van der Waals surface area contributed by atoms with Crippen molar-refractivity contribution >= 4 is 28.1 Å². The lowest BCUT2D eigenvalue weighted by molar-refractivity contribution is -0.384. The highest BCUT2D eigenvalue weighted by Crippen LogP contribution is 2.15. The summed E-state index contributed by atoms with van der Waals surface area (Å²) in [6.45, 7) is 2.01. The van der Waals surface area contributed by atoms with E-state index in [9.17, 15) is 18.5 Å². The maximum atomic E-state index is 11.8. The molecule has 0 aromatic heterocycles. The van der Waals surface area contributed by atoms with E-state index in [1.165, 1.54) is 12.1 Å². The molecule has 0 saturated carbocycles. The number of hydrogen-bond donors (Lipinski definition) is 2. The summed E-state index contributed by atoms with van der Waals surface area (Å²) in [4.78, 5) is 9.85. The van der Waals surface area contributed by atoms with E-state index in [-0.39, 0.29) is 35.6 Å². The monoisotopic (exact) mass is 309 g/mol. The number of halogens is 1. The van der Waals surface area contributed by atoms with Crippen LogP contribution in [0.3, 0.4) is 0 Å². The van der Waals surface area contributed by atoms with Crippen molar-refractivity contribution in [2.24, 2.45) is 5.73 Å². The lowest BCUT2D eigenvalue weighted by atomic mass is 10.3. The van der Waals surface area contributed by atoms with Crippen molar-refractivity contribution in [1.29, 1.82) is 0 Å². The first-order valence-corrected chi connectivity index (χ1v) is 6.81. The predicted molar refractivity (Wildman–Crippen MR) is 73.8 cm³/mol. The molecule has 0 aliphatic heterocycles.